The average Bonchev–Trinajstić information content (AvgIpc) is 2.66. The number of carbonyl (C=O) groups is 2. The first-order valence-electron chi connectivity index (χ1n) is 9.47. The van der Waals surface area contributed by atoms with Crippen LogP contribution in [0.1, 0.15) is 20.3 Å². The third kappa shape index (κ3) is 6.61. The third-order valence-corrected chi connectivity index (χ3v) is 5.36. The van der Waals surface area contributed by atoms with E-state index >= 15 is 0 Å². The standard InChI is InChI=1S/C16H27NO14S/c1-5(19)3-7-10(21)11(22)12(23)16(29-7)30-14-9(17-6(2)20)15(24)28-8(4-18)13(14)31-32(25,26)27/h7-16,18,21-24H,3-4H2,1-2H3,(H,17,20)(H,25,26,27)/t7-,8-,9+,10-,11+,12-,13-,14+,15-,16+/m0/s1. The van der Waals surface area contributed by atoms with Crippen LogP contribution in [-0.2, 0) is 38.4 Å². The van der Waals surface area contributed by atoms with Crippen molar-refractivity contribution in [3.8, 4) is 0 Å². The number of Topliss-reactive ketones (excluding diaryl/α,β-unsaturated/α-hetero) is 1. The largest absolute Gasteiger partial charge is 0.397 e. The lowest BCUT2D eigenvalue weighted by Crippen LogP contribution is -2.68. The van der Waals surface area contributed by atoms with E-state index in [0.717, 1.165) is 6.92 Å². The Kier molecular flexibility index (Phi) is 9.05. The molecule has 32 heavy (non-hydrogen) atoms. The summed E-state index contributed by atoms with van der Waals surface area (Å²) in [6, 6.07) is -1.56. The molecule has 0 saturated carbocycles. The second-order valence-corrected chi connectivity index (χ2v) is 8.53. The van der Waals surface area contributed by atoms with Crippen LogP contribution >= 0.6 is 0 Å². The molecule has 0 bridgehead atoms. The van der Waals surface area contributed by atoms with Gasteiger partial charge in [0.25, 0.3) is 0 Å². The molecule has 0 spiro atoms. The molecule has 2 saturated heterocycles. The van der Waals surface area contributed by atoms with Crippen LogP contribution in [0, 0.1) is 0 Å². The quantitative estimate of drug-likeness (QED) is 0.159. The molecule has 0 aromatic heterocycles. The molecule has 186 valence electrons. The Labute approximate surface area is 182 Å². The molecular weight excluding hydrogens is 462 g/mol. The van der Waals surface area contributed by atoms with Crippen molar-refractivity contribution in [1.29, 1.82) is 0 Å². The van der Waals surface area contributed by atoms with Crippen molar-refractivity contribution in [1.82, 2.24) is 5.32 Å². The molecular formula is C16H27NO14S. The lowest BCUT2D eigenvalue weighted by molar-refractivity contribution is -0.336. The van der Waals surface area contributed by atoms with Crippen LogP contribution < -0.4 is 5.32 Å². The number of aliphatic hydroxyl groups is 5. The molecule has 0 radical (unpaired) electrons. The first-order chi connectivity index (χ1) is 14.7. The maximum Gasteiger partial charge on any atom is 0.397 e. The number of hydrogen-bond donors (Lipinski definition) is 7. The lowest BCUT2D eigenvalue weighted by atomic mass is 9.94. The molecule has 2 heterocycles. The summed E-state index contributed by atoms with van der Waals surface area (Å²) in [6.45, 7) is 1.31. The zero-order chi connectivity index (χ0) is 24.4. The Morgan fingerprint density at radius 2 is 1.59 bits per heavy atom. The highest BCUT2D eigenvalue weighted by Gasteiger charge is 2.53. The van der Waals surface area contributed by atoms with Crippen LogP contribution in [0.2, 0.25) is 0 Å². The van der Waals surface area contributed by atoms with E-state index in [1.807, 2.05) is 0 Å². The SMILES string of the molecule is CC(=O)C[C@@H]1O[C@H](O[C@@H]2[C@@H](NC(C)=O)[C@@H](O)O[C@@H](CO)[C@@H]2OS(=O)(=O)O)[C@@H](O)[C@H](O)[C@H]1O. The second-order valence-electron chi connectivity index (χ2n) is 7.48. The minimum absolute atomic E-state index is 0.374. The van der Waals surface area contributed by atoms with Crippen molar-refractivity contribution >= 4 is 22.1 Å². The molecule has 0 aliphatic carbocycles. The Hall–Kier alpha value is -1.31. The van der Waals surface area contributed by atoms with Gasteiger partial charge < -0.3 is 45.1 Å². The Morgan fingerprint density at radius 3 is 2.09 bits per heavy atom. The summed E-state index contributed by atoms with van der Waals surface area (Å²) >= 11 is 0. The number of aliphatic hydroxyl groups excluding tert-OH is 5. The maximum atomic E-state index is 11.6. The van der Waals surface area contributed by atoms with Crippen molar-refractivity contribution in [2.45, 2.75) is 81.6 Å². The van der Waals surface area contributed by atoms with Crippen molar-refractivity contribution in [2.75, 3.05) is 6.61 Å². The second kappa shape index (κ2) is 10.7. The van der Waals surface area contributed by atoms with Gasteiger partial charge in [0, 0.05) is 13.3 Å². The van der Waals surface area contributed by atoms with Crippen LogP contribution in [0.15, 0.2) is 0 Å². The van der Waals surface area contributed by atoms with Gasteiger partial charge in [-0.3, -0.25) is 14.1 Å². The smallest absolute Gasteiger partial charge is 0.394 e. The van der Waals surface area contributed by atoms with Gasteiger partial charge in [0.1, 0.15) is 48.4 Å². The fourth-order valence-electron chi connectivity index (χ4n) is 3.51. The molecule has 2 aliphatic heterocycles. The Balaban J connectivity index is 2.40. The predicted octanol–water partition coefficient (Wildman–Crippen LogP) is -4.44. The van der Waals surface area contributed by atoms with E-state index in [9.17, 15) is 43.5 Å². The minimum atomic E-state index is -5.17. The van der Waals surface area contributed by atoms with E-state index in [4.69, 9.17) is 18.8 Å². The van der Waals surface area contributed by atoms with E-state index in [1.165, 1.54) is 6.92 Å². The van der Waals surface area contributed by atoms with E-state index in [0.29, 0.717) is 0 Å². The highest BCUT2D eigenvalue weighted by Crippen LogP contribution is 2.31. The van der Waals surface area contributed by atoms with Crippen LogP contribution in [0.3, 0.4) is 0 Å². The first kappa shape index (κ1) is 26.9. The molecule has 2 rings (SSSR count). The number of carbonyl (C=O) groups excluding carboxylic acids is 2. The van der Waals surface area contributed by atoms with Gasteiger partial charge in [-0.25, -0.2) is 4.18 Å². The molecule has 0 unspecified atom stereocenters. The van der Waals surface area contributed by atoms with Gasteiger partial charge in [-0.1, -0.05) is 0 Å². The van der Waals surface area contributed by atoms with E-state index in [1.54, 1.807) is 0 Å². The highest BCUT2D eigenvalue weighted by molar-refractivity contribution is 7.80. The molecule has 15 nitrogen and oxygen atoms in total. The normalized spacial score (nSPS) is 40.6. The van der Waals surface area contributed by atoms with Gasteiger partial charge in [0.05, 0.1) is 12.7 Å². The Morgan fingerprint density at radius 1 is 0.969 bits per heavy atom. The molecule has 2 aliphatic rings. The van der Waals surface area contributed by atoms with Crippen LogP contribution in [0.5, 0.6) is 0 Å². The van der Waals surface area contributed by atoms with Gasteiger partial charge in [-0.15, -0.1) is 0 Å². The van der Waals surface area contributed by atoms with Crippen molar-refractivity contribution in [3.63, 3.8) is 0 Å². The van der Waals surface area contributed by atoms with E-state index < -0.39 is 90.0 Å². The summed E-state index contributed by atoms with van der Waals surface area (Å²) in [6.07, 6.45) is -16.1. The number of ether oxygens (including phenoxy) is 3. The minimum Gasteiger partial charge on any atom is -0.394 e. The van der Waals surface area contributed by atoms with Gasteiger partial charge in [-0.05, 0) is 6.92 Å². The number of nitrogens with one attached hydrogen (secondary N) is 1. The molecule has 1 amide bonds. The Bertz CT molecular complexity index is 777. The summed E-state index contributed by atoms with van der Waals surface area (Å²) in [5.41, 5.74) is 0. The zero-order valence-corrected chi connectivity index (χ0v) is 17.9. The molecule has 2 fully saturated rings. The summed E-state index contributed by atoms with van der Waals surface area (Å²) in [5, 5.41) is 52.4. The van der Waals surface area contributed by atoms with Gasteiger partial charge in [-0.2, -0.15) is 8.42 Å². The van der Waals surface area contributed by atoms with E-state index in [-0.39, 0.29) is 6.42 Å². The average molecular weight is 489 g/mol. The maximum absolute atomic E-state index is 11.6. The zero-order valence-electron chi connectivity index (χ0n) is 17.0. The van der Waals surface area contributed by atoms with E-state index in [2.05, 4.69) is 9.50 Å². The fourth-order valence-corrected chi connectivity index (χ4v) is 4.02. The molecule has 10 atom stereocenters. The topological polar surface area (TPSA) is 239 Å². The van der Waals surface area contributed by atoms with Crippen LogP contribution in [0.25, 0.3) is 0 Å². The van der Waals surface area contributed by atoms with Gasteiger partial charge in [0.15, 0.2) is 12.6 Å². The molecule has 7 N–H and O–H groups in total. The lowest BCUT2D eigenvalue weighted by Gasteiger charge is -2.47. The van der Waals surface area contributed by atoms with Crippen molar-refractivity contribution in [2.24, 2.45) is 0 Å². The van der Waals surface area contributed by atoms with Crippen LogP contribution in [0.4, 0.5) is 0 Å². The summed E-state index contributed by atoms with van der Waals surface area (Å²) in [4.78, 5) is 23.0. The number of ketones is 1. The summed E-state index contributed by atoms with van der Waals surface area (Å²) in [5.74, 6) is -1.16. The van der Waals surface area contributed by atoms with Gasteiger partial charge >= 0.3 is 10.4 Å². The van der Waals surface area contributed by atoms with Crippen LogP contribution in [-0.4, -0.2) is 118 Å². The number of hydrogen-bond acceptors (Lipinski definition) is 13. The number of rotatable bonds is 8. The third-order valence-electron chi connectivity index (χ3n) is 4.90. The predicted molar refractivity (Wildman–Crippen MR) is 98.8 cm³/mol. The van der Waals surface area contributed by atoms with Crippen molar-refractivity contribution < 1.29 is 66.5 Å². The van der Waals surface area contributed by atoms with Gasteiger partial charge in [0.2, 0.25) is 5.91 Å². The molecule has 0 aromatic rings. The summed E-state index contributed by atoms with van der Waals surface area (Å²) < 4.78 is 52.3. The first-order valence-corrected chi connectivity index (χ1v) is 10.8. The fraction of sp³-hybridized carbons (Fsp3) is 0.875. The number of amides is 1. The monoisotopic (exact) mass is 489 g/mol. The van der Waals surface area contributed by atoms with Crippen molar-refractivity contribution in [3.05, 3.63) is 0 Å². The highest BCUT2D eigenvalue weighted by atomic mass is 32.3. The molecule has 0 aromatic carbocycles. The molecule has 16 heteroatoms. The summed E-state index contributed by atoms with van der Waals surface area (Å²) in [7, 11) is -5.17.